The van der Waals surface area contributed by atoms with Gasteiger partial charge in [-0.2, -0.15) is 4.98 Å². The standard InChI is InChI=1S/C26H31N5O4Si/c1-26(2,3)36(17-10-6-4-7-11-17,18-12-8-5-9-13-18)34-15-20-19(32)14-21(35-20)31-16-28-22-23(31)29-25(27)30-24(22)33/h4-13,16,19-21,32H,14-15H2,1-3H3,(H3,27,29,30,33)/t19-,20+,21+/m0/s1. The van der Waals surface area contributed by atoms with E-state index < -0.39 is 32.3 Å². The third-order valence-electron chi connectivity index (χ3n) is 6.85. The molecule has 2 aromatic heterocycles. The number of nitrogens with zero attached hydrogens (tertiary/aromatic N) is 3. The predicted octanol–water partition coefficient (Wildman–Crippen LogP) is 1.93. The van der Waals surface area contributed by atoms with E-state index in [9.17, 15) is 9.90 Å². The van der Waals surface area contributed by atoms with E-state index in [-0.39, 0.29) is 23.1 Å². The number of aromatic amines is 1. The number of hydrogen-bond donors (Lipinski definition) is 3. The molecule has 188 valence electrons. The van der Waals surface area contributed by atoms with Crippen LogP contribution in [0.2, 0.25) is 5.04 Å². The summed E-state index contributed by atoms with van der Waals surface area (Å²) >= 11 is 0. The molecule has 0 radical (unpaired) electrons. The zero-order valence-electron chi connectivity index (χ0n) is 20.6. The topological polar surface area (TPSA) is 128 Å². The van der Waals surface area contributed by atoms with Gasteiger partial charge in [-0.1, -0.05) is 81.4 Å². The first-order valence-electron chi connectivity index (χ1n) is 12.0. The molecular formula is C26H31N5O4Si. The number of ether oxygens (including phenoxy) is 1. The van der Waals surface area contributed by atoms with Gasteiger partial charge in [0.25, 0.3) is 13.9 Å². The minimum atomic E-state index is -2.78. The molecule has 0 amide bonds. The molecule has 1 fully saturated rings. The molecule has 36 heavy (non-hydrogen) atoms. The van der Waals surface area contributed by atoms with Crippen LogP contribution in [0.15, 0.2) is 71.8 Å². The summed E-state index contributed by atoms with van der Waals surface area (Å²) in [5.41, 5.74) is 5.82. The average molecular weight is 506 g/mol. The highest BCUT2D eigenvalue weighted by Gasteiger charge is 2.51. The lowest BCUT2D eigenvalue weighted by Gasteiger charge is -2.43. The lowest BCUT2D eigenvalue weighted by molar-refractivity contribution is -0.0398. The first kappa shape index (κ1) is 24.4. The number of H-pyrrole nitrogens is 1. The van der Waals surface area contributed by atoms with Crippen LogP contribution in [0.5, 0.6) is 0 Å². The Labute approximate surface area is 210 Å². The van der Waals surface area contributed by atoms with Crippen LogP contribution in [0.25, 0.3) is 11.2 Å². The maximum absolute atomic E-state index is 12.2. The van der Waals surface area contributed by atoms with Crippen LogP contribution in [0.3, 0.4) is 0 Å². The maximum Gasteiger partial charge on any atom is 0.280 e. The van der Waals surface area contributed by atoms with E-state index in [2.05, 4.69) is 60.0 Å². The average Bonchev–Trinajstić information content (AvgIpc) is 3.43. The summed E-state index contributed by atoms with van der Waals surface area (Å²) in [6.07, 6.45) is -0.0612. The normalized spacial score (nSPS) is 20.7. The maximum atomic E-state index is 12.2. The van der Waals surface area contributed by atoms with Crippen LogP contribution in [0, 0.1) is 0 Å². The molecule has 1 aliphatic rings. The second-order valence-corrected chi connectivity index (χ2v) is 14.5. The molecule has 4 N–H and O–H groups in total. The number of aromatic nitrogens is 4. The molecule has 0 bridgehead atoms. The molecule has 9 nitrogen and oxygen atoms in total. The highest BCUT2D eigenvalue weighted by atomic mass is 28.4. The first-order valence-corrected chi connectivity index (χ1v) is 13.9. The van der Waals surface area contributed by atoms with Crippen molar-refractivity contribution in [2.45, 2.75) is 50.7 Å². The van der Waals surface area contributed by atoms with E-state index in [0.717, 1.165) is 10.4 Å². The minimum absolute atomic E-state index is 0.000591. The number of imidazole rings is 1. The van der Waals surface area contributed by atoms with Gasteiger partial charge in [0.2, 0.25) is 5.95 Å². The number of nitrogens with one attached hydrogen (secondary N) is 1. The summed E-state index contributed by atoms with van der Waals surface area (Å²) in [6, 6.07) is 20.7. The van der Waals surface area contributed by atoms with E-state index in [0.29, 0.717) is 12.1 Å². The number of hydrogen-bond acceptors (Lipinski definition) is 7. The van der Waals surface area contributed by atoms with Gasteiger partial charge in [-0.05, 0) is 15.4 Å². The zero-order chi connectivity index (χ0) is 25.5. The Kier molecular flexibility index (Phi) is 6.29. The summed E-state index contributed by atoms with van der Waals surface area (Å²) in [6.45, 7) is 6.84. The van der Waals surface area contributed by atoms with Crippen molar-refractivity contribution in [1.82, 2.24) is 19.5 Å². The molecule has 4 aromatic rings. The largest absolute Gasteiger partial charge is 0.405 e. The summed E-state index contributed by atoms with van der Waals surface area (Å²) in [5.74, 6) is -0.000591. The molecule has 0 saturated carbocycles. The van der Waals surface area contributed by atoms with Crippen molar-refractivity contribution in [3.63, 3.8) is 0 Å². The number of rotatable bonds is 6. The molecule has 1 aliphatic heterocycles. The van der Waals surface area contributed by atoms with Crippen LogP contribution in [-0.4, -0.2) is 51.8 Å². The monoisotopic (exact) mass is 505 g/mol. The predicted molar refractivity (Wildman–Crippen MR) is 141 cm³/mol. The molecule has 2 aromatic carbocycles. The van der Waals surface area contributed by atoms with Gasteiger partial charge in [0.05, 0.1) is 19.0 Å². The third-order valence-corrected chi connectivity index (χ3v) is 11.9. The van der Waals surface area contributed by atoms with Gasteiger partial charge in [-0.25, -0.2) is 4.98 Å². The molecule has 1 saturated heterocycles. The lowest BCUT2D eigenvalue weighted by atomic mass is 10.2. The quantitative estimate of drug-likeness (QED) is 0.342. The summed E-state index contributed by atoms with van der Waals surface area (Å²) in [4.78, 5) is 23.0. The highest BCUT2D eigenvalue weighted by Crippen LogP contribution is 2.38. The van der Waals surface area contributed by atoms with Crippen LogP contribution in [-0.2, 0) is 9.16 Å². The molecule has 0 spiro atoms. The molecule has 0 unspecified atom stereocenters. The lowest BCUT2D eigenvalue weighted by Crippen LogP contribution is -2.67. The van der Waals surface area contributed by atoms with Crippen LogP contribution >= 0.6 is 0 Å². The number of aliphatic hydroxyl groups is 1. The minimum Gasteiger partial charge on any atom is -0.405 e. The Hall–Kier alpha value is -3.31. The third kappa shape index (κ3) is 4.15. The number of fused-ring (bicyclic) bond motifs is 1. The summed E-state index contributed by atoms with van der Waals surface area (Å²) in [5, 5.41) is 13.1. The van der Waals surface area contributed by atoms with Gasteiger partial charge >= 0.3 is 0 Å². The van der Waals surface area contributed by atoms with E-state index in [1.165, 1.54) is 6.33 Å². The Morgan fingerprint density at radius 2 is 1.75 bits per heavy atom. The van der Waals surface area contributed by atoms with Gasteiger partial charge in [0, 0.05) is 6.42 Å². The zero-order valence-corrected chi connectivity index (χ0v) is 21.6. The van der Waals surface area contributed by atoms with E-state index in [1.54, 1.807) is 4.57 Å². The number of aliphatic hydroxyl groups excluding tert-OH is 1. The van der Waals surface area contributed by atoms with Gasteiger partial charge in [-0.15, -0.1) is 0 Å². The van der Waals surface area contributed by atoms with Crippen molar-refractivity contribution >= 4 is 35.8 Å². The van der Waals surface area contributed by atoms with E-state index in [4.69, 9.17) is 14.9 Å². The molecule has 3 heterocycles. The van der Waals surface area contributed by atoms with Crippen molar-refractivity contribution in [2.75, 3.05) is 12.3 Å². The Morgan fingerprint density at radius 1 is 1.14 bits per heavy atom. The fourth-order valence-electron chi connectivity index (χ4n) is 5.16. The van der Waals surface area contributed by atoms with Crippen molar-refractivity contribution in [2.24, 2.45) is 0 Å². The second kappa shape index (κ2) is 9.29. The molecular weight excluding hydrogens is 474 g/mol. The number of nitrogens with two attached hydrogens (primary N) is 1. The Bertz CT molecular complexity index is 1360. The SMILES string of the molecule is CC(C)(C)[Si](OC[C@H]1O[C@@H](n2cnc3c(=O)[nH]c(N)nc32)C[C@@H]1O)(c1ccccc1)c1ccccc1. The second-order valence-electron chi connectivity index (χ2n) is 10.2. The van der Waals surface area contributed by atoms with E-state index in [1.807, 2.05) is 36.4 Å². The molecule has 10 heteroatoms. The Balaban J connectivity index is 1.46. The summed E-state index contributed by atoms with van der Waals surface area (Å²) < 4.78 is 14.9. The van der Waals surface area contributed by atoms with Crippen LogP contribution < -0.4 is 21.7 Å². The van der Waals surface area contributed by atoms with Gasteiger partial charge in [0.1, 0.15) is 12.3 Å². The number of nitrogen functional groups attached to an aromatic ring is 1. The van der Waals surface area contributed by atoms with Gasteiger partial charge in [-0.3, -0.25) is 14.3 Å². The van der Waals surface area contributed by atoms with Crippen molar-refractivity contribution in [3.8, 4) is 0 Å². The van der Waals surface area contributed by atoms with Crippen molar-refractivity contribution in [1.29, 1.82) is 0 Å². The fourth-order valence-corrected chi connectivity index (χ4v) is 9.73. The van der Waals surface area contributed by atoms with E-state index >= 15 is 0 Å². The van der Waals surface area contributed by atoms with Gasteiger partial charge < -0.3 is 20.0 Å². The number of anilines is 1. The van der Waals surface area contributed by atoms with Gasteiger partial charge in [0.15, 0.2) is 11.2 Å². The molecule has 3 atom stereocenters. The highest BCUT2D eigenvalue weighted by molar-refractivity contribution is 6.99. The Morgan fingerprint density at radius 3 is 2.33 bits per heavy atom. The fraction of sp³-hybridized carbons (Fsp3) is 0.346. The molecule has 5 rings (SSSR count). The first-order chi connectivity index (χ1) is 17.2. The van der Waals surface area contributed by atoms with Crippen LogP contribution in [0.4, 0.5) is 5.95 Å². The van der Waals surface area contributed by atoms with Crippen molar-refractivity contribution < 1.29 is 14.3 Å². The molecule has 0 aliphatic carbocycles. The van der Waals surface area contributed by atoms with Crippen LogP contribution in [0.1, 0.15) is 33.4 Å². The van der Waals surface area contributed by atoms with Crippen molar-refractivity contribution in [3.05, 3.63) is 77.3 Å². The number of benzene rings is 2. The smallest absolute Gasteiger partial charge is 0.280 e. The summed E-state index contributed by atoms with van der Waals surface area (Å²) in [7, 11) is -2.78.